The zero-order chi connectivity index (χ0) is 13.3. The van der Waals surface area contributed by atoms with Gasteiger partial charge in [0.15, 0.2) is 5.69 Å². The molecule has 18 heavy (non-hydrogen) atoms. The van der Waals surface area contributed by atoms with Gasteiger partial charge in [-0.1, -0.05) is 15.9 Å². The van der Waals surface area contributed by atoms with Gasteiger partial charge in [-0.15, -0.1) is 0 Å². The summed E-state index contributed by atoms with van der Waals surface area (Å²) in [4.78, 5) is 12.0. The summed E-state index contributed by atoms with van der Waals surface area (Å²) in [5.41, 5.74) is 2.98. The van der Waals surface area contributed by atoms with Gasteiger partial charge in [0.25, 0.3) is 5.91 Å². The number of hydrogen-bond donors (Lipinski definition) is 2. The second kappa shape index (κ2) is 5.24. The minimum Gasteiger partial charge on any atom is -0.321 e. The lowest BCUT2D eigenvalue weighted by Gasteiger charge is -2.05. The first-order valence-corrected chi connectivity index (χ1v) is 6.85. The van der Waals surface area contributed by atoms with Crippen LogP contribution in [0.2, 0.25) is 0 Å². The maximum atomic E-state index is 12.0. The van der Waals surface area contributed by atoms with E-state index in [9.17, 15) is 4.79 Å². The first-order valence-electron chi connectivity index (χ1n) is 5.27. The lowest BCUT2D eigenvalue weighted by molar-refractivity contribution is 0.102. The lowest BCUT2D eigenvalue weighted by atomic mass is 10.2. The van der Waals surface area contributed by atoms with Gasteiger partial charge in [-0.3, -0.25) is 9.89 Å². The number of rotatable bonds is 2. The minimum absolute atomic E-state index is 0.243. The van der Waals surface area contributed by atoms with Gasteiger partial charge in [-0.05, 0) is 53.5 Å². The fourth-order valence-electron chi connectivity index (χ4n) is 1.48. The van der Waals surface area contributed by atoms with E-state index < -0.39 is 0 Å². The van der Waals surface area contributed by atoms with Gasteiger partial charge in [-0.2, -0.15) is 5.10 Å². The van der Waals surface area contributed by atoms with Crippen molar-refractivity contribution < 1.29 is 4.79 Å². The summed E-state index contributed by atoms with van der Waals surface area (Å²) < 4.78 is 1.70. The molecule has 1 heterocycles. The van der Waals surface area contributed by atoms with Crippen molar-refractivity contribution in [2.45, 2.75) is 13.8 Å². The van der Waals surface area contributed by atoms with Crippen molar-refractivity contribution in [2.24, 2.45) is 0 Å². The van der Waals surface area contributed by atoms with Crippen molar-refractivity contribution in [1.29, 1.82) is 0 Å². The van der Waals surface area contributed by atoms with Gasteiger partial charge in [0.2, 0.25) is 0 Å². The van der Waals surface area contributed by atoms with E-state index in [1.807, 2.05) is 32.0 Å². The molecule has 0 spiro atoms. The first-order chi connectivity index (χ1) is 8.49. The van der Waals surface area contributed by atoms with Gasteiger partial charge < -0.3 is 5.32 Å². The Morgan fingerprint density at radius 3 is 2.61 bits per heavy atom. The third-order valence-electron chi connectivity index (χ3n) is 2.50. The molecule has 0 bridgehead atoms. The zero-order valence-electron chi connectivity index (χ0n) is 9.84. The normalized spacial score (nSPS) is 10.4. The molecule has 0 atom stereocenters. The van der Waals surface area contributed by atoms with Crippen molar-refractivity contribution >= 4 is 43.5 Å². The van der Waals surface area contributed by atoms with Crippen LogP contribution in [0.4, 0.5) is 5.69 Å². The standard InChI is InChI=1S/C12H11Br2N3O/c1-6-5-8(3-4-9(6)13)15-12(18)11-10(14)7(2)16-17-11/h3-5H,1-2H3,(H,15,18)(H,16,17). The molecule has 6 heteroatoms. The number of H-pyrrole nitrogens is 1. The molecule has 0 aliphatic carbocycles. The maximum Gasteiger partial charge on any atom is 0.277 e. The highest BCUT2D eigenvalue weighted by Crippen LogP contribution is 2.22. The van der Waals surface area contributed by atoms with Crippen LogP contribution in [0, 0.1) is 13.8 Å². The van der Waals surface area contributed by atoms with Crippen molar-refractivity contribution in [3.05, 3.63) is 44.1 Å². The fourth-order valence-corrected chi connectivity index (χ4v) is 2.08. The number of carbonyl (C=O) groups is 1. The number of carbonyl (C=O) groups excluding carboxylic acids is 1. The third kappa shape index (κ3) is 2.64. The van der Waals surface area contributed by atoms with Crippen molar-refractivity contribution in [3.8, 4) is 0 Å². The van der Waals surface area contributed by atoms with Crippen molar-refractivity contribution in [3.63, 3.8) is 0 Å². The number of nitrogens with one attached hydrogen (secondary N) is 2. The second-order valence-corrected chi connectivity index (χ2v) is 5.58. The molecule has 94 valence electrons. The van der Waals surface area contributed by atoms with E-state index in [0.717, 1.165) is 21.4 Å². The number of aryl methyl sites for hydroxylation is 2. The number of aromatic amines is 1. The Morgan fingerprint density at radius 2 is 2.06 bits per heavy atom. The average Bonchev–Trinajstić information content (AvgIpc) is 2.65. The molecule has 0 fully saturated rings. The van der Waals surface area contributed by atoms with Crippen molar-refractivity contribution in [1.82, 2.24) is 10.2 Å². The number of hydrogen-bond acceptors (Lipinski definition) is 2. The Hall–Kier alpha value is -1.14. The minimum atomic E-state index is -0.243. The van der Waals surface area contributed by atoms with Crippen LogP contribution in [-0.4, -0.2) is 16.1 Å². The number of amides is 1. The Kier molecular flexibility index (Phi) is 3.87. The summed E-state index contributed by atoms with van der Waals surface area (Å²) in [6.45, 7) is 3.81. The Bertz CT molecular complexity index is 607. The molecule has 2 N–H and O–H groups in total. The molecule has 0 saturated heterocycles. The average molecular weight is 373 g/mol. The maximum absolute atomic E-state index is 12.0. The molecular formula is C12H11Br2N3O. The predicted molar refractivity (Wildman–Crippen MR) is 77.9 cm³/mol. The Morgan fingerprint density at radius 1 is 1.33 bits per heavy atom. The third-order valence-corrected chi connectivity index (χ3v) is 4.36. The van der Waals surface area contributed by atoms with E-state index >= 15 is 0 Å². The van der Waals surface area contributed by atoms with Gasteiger partial charge in [0.05, 0.1) is 4.47 Å². The summed E-state index contributed by atoms with van der Waals surface area (Å²) in [5, 5.41) is 9.53. The summed E-state index contributed by atoms with van der Waals surface area (Å²) in [6.07, 6.45) is 0. The predicted octanol–water partition coefficient (Wildman–Crippen LogP) is 3.80. The molecule has 0 aliphatic heterocycles. The summed E-state index contributed by atoms with van der Waals surface area (Å²) in [5.74, 6) is -0.243. The van der Waals surface area contributed by atoms with E-state index in [-0.39, 0.29) is 5.91 Å². The van der Waals surface area contributed by atoms with Gasteiger partial charge in [0, 0.05) is 15.9 Å². The number of nitrogens with zero attached hydrogens (tertiary/aromatic N) is 1. The van der Waals surface area contributed by atoms with Crippen LogP contribution in [0.5, 0.6) is 0 Å². The highest BCUT2D eigenvalue weighted by Gasteiger charge is 2.15. The number of anilines is 1. The van der Waals surface area contributed by atoms with Crippen LogP contribution in [0.25, 0.3) is 0 Å². The quantitative estimate of drug-likeness (QED) is 0.842. The highest BCUT2D eigenvalue weighted by atomic mass is 79.9. The number of aromatic nitrogens is 2. The van der Waals surface area contributed by atoms with Gasteiger partial charge in [-0.25, -0.2) is 0 Å². The van der Waals surface area contributed by atoms with Gasteiger partial charge >= 0.3 is 0 Å². The highest BCUT2D eigenvalue weighted by molar-refractivity contribution is 9.10. The lowest BCUT2D eigenvalue weighted by Crippen LogP contribution is -2.13. The molecule has 2 aromatic rings. The monoisotopic (exact) mass is 371 g/mol. The molecular weight excluding hydrogens is 362 g/mol. The smallest absolute Gasteiger partial charge is 0.277 e. The topological polar surface area (TPSA) is 57.8 Å². The molecule has 0 saturated carbocycles. The van der Waals surface area contributed by atoms with E-state index in [1.165, 1.54) is 0 Å². The second-order valence-electron chi connectivity index (χ2n) is 3.93. The molecule has 2 rings (SSSR count). The first kappa shape index (κ1) is 13.3. The van der Waals surface area contributed by atoms with Crippen LogP contribution in [-0.2, 0) is 0 Å². The van der Waals surface area contributed by atoms with Crippen LogP contribution < -0.4 is 5.32 Å². The summed E-state index contributed by atoms with van der Waals surface area (Å²) in [6, 6.07) is 5.63. The Balaban J connectivity index is 2.21. The number of halogens is 2. The molecule has 1 aromatic heterocycles. The molecule has 0 unspecified atom stereocenters. The fraction of sp³-hybridized carbons (Fsp3) is 0.167. The van der Waals surface area contributed by atoms with E-state index in [0.29, 0.717) is 10.2 Å². The molecule has 0 radical (unpaired) electrons. The summed E-state index contributed by atoms with van der Waals surface area (Å²) >= 11 is 6.75. The largest absolute Gasteiger partial charge is 0.321 e. The molecule has 1 amide bonds. The zero-order valence-corrected chi connectivity index (χ0v) is 13.0. The SMILES string of the molecule is Cc1cc(NC(=O)c2n[nH]c(C)c2Br)ccc1Br. The van der Waals surface area contributed by atoms with Crippen molar-refractivity contribution in [2.75, 3.05) is 5.32 Å². The van der Waals surface area contributed by atoms with Crippen LogP contribution in [0.15, 0.2) is 27.1 Å². The van der Waals surface area contributed by atoms with Crippen LogP contribution in [0.1, 0.15) is 21.7 Å². The van der Waals surface area contributed by atoms with E-state index in [2.05, 4.69) is 47.4 Å². The molecule has 1 aromatic carbocycles. The molecule has 0 aliphatic rings. The van der Waals surface area contributed by atoms with E-state index in [1.54, 1.807) is 0 Å². The number of benzene rings is 1. The van der Waals surface area contributed by atoms with Crippen LogP contribution >= 0.6 is 31.9 Å². The summed E-state index contributed by atoms with van der Waals surface area (Å²) in [7, 11) is 0. The molecule has 4 nitrogen and oxygen atoms in total. The van der Waals surface area contributed by atoms with Gasteiger partial charge in [0.1, 0.15) is 0 Å². The van der Waals surface area contributed by atoms with Crippen LogP contribution in [0.3, 0.4) is 0 Å². The Labute approximate surface area is 121 Å². The van der Waals surface area contributed by atoms with E-state index in [4.69, 9.17) is 0 Å².